The molecule has 2 atom stereocenters. The maximum absolute atomic E-state index is 12.4. The van der Waals surface area contributed by atoms with Crippen LogP contribution in [-0.4, -0.2) is 55.2 Å². The average Bonchev–Trinajstić information content (AvgIpc) is 2.51. The fourth-order valence-corrected chi connectivity index (χ4v) is 2.73. The van der Waals surface area contributed by atoms with Gasteiger partial charge in [-0.3, -0.25) is 9.59 Å². The van der Waals surface area contributed by atoms with Gasteiger partial charge in [0.1, 0.15) is 5.60 Å². The first kappa shape index (κ1) is 21.3. The SMILES string of the molecule is COC(=O)[C@H]1C[C@H](C(=O)NCCC(C)C)CN(C(=O)OC(C)(C)C)C1. The molecule has 0 aliphatic carbocycles. The minimum Gasteiger partial charge on any atom is -0.469 e. The lowest BCUT2D eigenvalue weighted by molar-refractivity contribution is -0.148. The van der Waals surface area contributed by atoms with Crippen LogP contribution in [0.25, 0.3) is 0 Å². The molecule has 1 rings (SSSR count). The van der Waals surface area contributed by atoms with Gasteiger partial charge >= 0.3 is 12.1 Å². The molecule has 1 aliphatic heterocycles. The van der Waals surface area contributed by atoms with Crippen LogP contribution in [0.15, 0.2) is 0 Å². The number of nitrogens with one attached hydrogen (secondary N) is 1. The number of ether oxygens (including phenoxy) is 2. The molecule has 1 saturated heterocycles. The van der Waals surface area contributed by atoms with E-state index in [1.54, 1.807) is 20.8 Å². The normalized spacial score (nSPS) is 21.0. The van der Waals surface area contributed by atoms with Crippen molar-refractivity contribution in [3.8, 4) is 0 Å². The van der Waals surface area contributed by atoms with Gasteiger partial charge in [0.2, 0.25) is 5.91 Å². The van der Waals surface area contributed by atoms with E-state index in [0.29, 0.717) is 18.9 Å². The lowest BCUT2D eigenvalue weighted by Crippen LogP contribution is -2.51. The number of rotatable bonds is 5. The van der Waals surface area contributed by atoms with Gasteiger partial charge in [0.05, 0.1) is 18.9 Å². The van der Waals surface area contributed by atoms with Gasteiger partial charge in [-0.15, -0.1) is 0 Å². The highest BCUT2D eigenvalue weighted by Crippen LogP contribution is 2.25. The zero-order valence-electron chi connectivity index (χ0n) is 16.3. The van der Waals surface area contributed by atoms with Crippen molar-refractivity contribution in [3.05, 3.63) is 0 Å². The van der Waals surface area contributed by atoms with E-state index in [4.69, 9.17) is 9.47 Å². The lowest BCUT2D eigenvalue weighted by Gasteiger charge is -2.36. The van der Waals surface area contributed by atoms with Gasteiger partial charge in [0, 0.05) is 19.6 Å². The van der Waals surface area contributed by atoms with Gasteiger partial charge in [-0.05, 0) is 39.5 Å². The molecule has 7 heteroatoms. The predicted molar refractivity (Wildman–Crippen MR) is 93.9 cm³/mol. The average molecular weight is 356 g/mol. The van der Waals surface area contributed by atoms with Gasteiger partial charge in [-0.25, -0.2) is 4.79 Å². The summed E-state index contributed by atoms with van der Waals surface area (Å²) in [7, 11) is 1.31. The summed E-state index contributed by atoms with van der Waals surface area (Å²) in [6.45, 7) is 10.6. The molecule has 144 valence electrons. The molecular weight excluding hydrogens is 324 g/mol. The van der Waals surface area contributed by atoms with Crippen molar-refractivity contribution in [2.75, 3.05) is 26.7 Å². The molecule has 0 aromatic carbocycles. The number of hydrogen-bond donors (Lipinski definition) is 1. The van der Waals surface area contributed by atoms with Crippen molar-refractivity contribution < 1.29 is 23.9 Å². The van der Waals surface area contributed by atoms with Crippen molar-refractivity contribution in [1.29, 1.82) is 0 Å². The van der Waals surface area contributed by atoms with Crippen molar-refractivity contribution in [3.63, 3.8) is 0 Å². The topological polar surface area (TPSA) is 84.9 Å². The number of carbonyl (C=O) groups excluding carboxylic acids is 3. The maximum atomic E-state index is 12.4. The molecular formula is C18H32N2O5. The first-order chi connectivity index (χ1) is 11.5. The minimum atomic E-state index is -0.635. The Bertz CT molecular complexity index is 484. The molecule has 0 unspecified atom stereocenters. The summed E-state index contributed by atoms with van der Waals surface area (Å²) < 4.78 is 10.2. The molecule has 1 N–H and O–H groups in total. The number of nitrogens with zero attached hydrogens (tertiary/aromatic N) is 1. The van der Waals surface area contributed by atoms with Crippen molar-refractivity contribution >= 4 is 18.0 Å². The van der Waals surface area contributed by atoms with E-state index in [1.807, 2.05) is 0 Å². The molecule has 0 aromatic heterocycles. The molecule has 2 amide bonds. The molecule has 25 heavy (non-hydrogen) atoms. The smallest absolute Gasteiger partial charge is 0.410 e. The summed E-state index contributed by atoms with van der Waals surface area (Å²) in [6.07, 6.45) is 0.745. The summed E-state index contributed by atoms with van der Waals surface area (Å²) in [6, 6.07) is 0. The van der Waals surface area contributed by atoms with Crippen LogP contribution in [0.2, 0.25) is 0 Å². The fourth-order valence-electron chi connectivity index (χ4n) is 2.73. The summed E-state index contributed by atoms with van der Waals surface area (Å²) in [5, 5.41) is 2.90. The Labute approximate surface area is 150 Å². The first-order valence-electron chi connectivity index (χ1n) is 8.87. The van der Waals surface area contributed by atoms with E-state index < -0.39 is 29.5 Å². The van der Waals surface area contributed by atoms with Gasteiger partial charge in [0.25, 0.3) is 0 Å². The standard InChI is InChI=1S/C18H32N2O5/c1-12(2)7-8-19-15(21)13-9-14(16(22)24-6)11-20(10-13)17(23)25-18(3,4)5/h12-14H,7-11H2,1-6H3,(H,19,21)/t13-,14-/m0/s1. The monoisotopic (exact) mass is 356 g/mol. The molecule has 1 aliphatic rings. The van der Waals surface area contributed by atoms with Crippen LogP contribution in [0.5, 0.6) is 0 Å². The highest BCUT2D eigenvalue weighted by atomic mass is 16.6. The molecule has 1 fully saturated rings. The summed E-state index contributed by atoms with van der Waals surface area (Å²) in [5.74, 6) is -1.02. The minimum absolute atomic E-state index is 0.136. The third-order valence-electron chi connectivity index (χ3n) is 4.03. The molecule has 7 nitrogen and oxygen atoms in total. The van der Waals surface area contributed by atoms with Gasteiger partial charge in [-0.1, -0.05) is 13.8 Å². The molecule has 0 bridgehead atoms. The zero-order chi connectivity index (χ0) is 19.2. The van der Waals surface area contributed by atoms with Crippen molar-refractivity contribution in [1.82, 2.24) is 10.2 Å². The Kier molecular flexibility index (Phi) is 7.70. The van der Waals surface area contributed by atoms with Crippen LogP contribution >= 0.6 is 0 Å². The highest BCUT2D eigenvalue weighted by Gasteiger charge is 2.38. The molecule has 1 heterocycles. The first-order valence-corrected chi connectivity index (χ1v) is 8.87. The Morgan fingerprint density at radius 1 is 1.16 bits per heavy atom. The van der Waals surface area contributed by atoms with E-state index in [0.717, 1.165) is 6.42 Å². The van der Waals surface area contributed by atoms with Crippen LogP contribution < -0.4 is 5.32 Å². The van der Waals surface area contributed by atoms with Crippen LogP contribution in [-0.2, 0) is 19.1 Å². The van der Waals surface area contributed by atoms with E-state index in [1.165, 1.54) is 12.0 Å². The van der Waals surface area contributed by atoms with Gasteiger partial charge < -0.3 is 19.7 Å². The molecule has 0 aromatic rings. The second kappa shape index (κ2) is 9.06. The molecule has 0 saturated carbocycles. The van der Waals surface area contributed by atoms with E-state index in [-0.39, 0.29) is 19.0 Å². The maximum Gasteiger partial charge on any atom is 0.410 e. The highest BCUT2D eigenvalue weighted by molar-refractivity contribution is 5.82. The third kappa shape index (κ3) is 7.32. The number of piperidine rings is 1. The summed E-state index contributed by atoms with van der Waals surface area (Å²) in [4.78, 5) is 38.2. The Morgan fingerprint density at radius 2 is 1.76 bits per heavy atom. The van der Waals surface area contributed by atoms with E-state index in [9.17, 15) is 14.4 Å². The predicted octanol–water partition coefficient (Wildman–Crippen LogP) is 2.19. The zero-order valence-corrected chi connectivity index (χ0v) is 16.3. The Hall–Kier alpha value is -1.79. The van der Waals surface area contributed by atoms with Crippen LogP contribution in [0, 0.1) is 17.8 Å². The van der Waals surface area contributed by atoms with Crippen molar-refractivity contribution in [2.45, 2.75) is 53.1 Å². The second-order valence-corrected chi connectivity index (χ2v) is 8.01. The number of esters is 1. The lowest BCUT2D eigenvalue weighted by atomic mass is 9.88. The number of amides is 2. The van der Waals surface area contributed by atoms with Gasteiger partial charge in [0.15, 0.2) is 0 Å². The molecule has 0 spiro atoms. The number of carbonyl (C=O) groups is 3. The molecule has 0 radical (unpaired) electrons. The van der Waals surface area contributed by atoms with Crippen LogP contribution in [0.3, 0.4) is 0 Å². The number of methoxy groups -OCH3 is 1. The third-order valence-corrected chi connectivity index (χ3v) is 4.03. The quantitative estimate of drug-likeness (QED) is 0.763. The van der Waals surface area contributed by atoms with E-state index in [2.05, 4.69) is 19.2 Å². The fraction of sp³-hybridized carbons (Fsp3) is 0.833. The van der Waals surface area contributed by atoms with E-state index >= 15 is 0 Å². The Balaban J connectivity index is 2.78. The van der Waals surface area contributed by atoms with Crippen LogP contribution in [0.1, 0.15) is 47.5 Å². The largest absolute Gasteiger partial charge is 0.469 e. The number of likely N-dealkylation sites (tertiary alicyclic amines) is 1. The summed E-state index contributed by atoms with van der Waals surface area (Å²) in [5.41, 5.74) is -0.635. The van der Waals surface area contributed by atoms with Gasteiger partial charge in [-0.2, -0.15) is 0 Å². The van der Waals surface area contributed by atoms with Crippen LogP contribution in [0.4, 0.5) is 4.79 Å². The van der Waals surface area contributed by atoms with Crippen molar-refractivity contribution in [2.24, 2.45) is 17.8 Å². The Morgan fingerprint density at radius 3 is 2.28 bits per heavy atom. The second-order valence-electron chi connectivity index (χ2n) is 8.01. The summed E-state index contributed by atoms with van der Waals surface area (Å²) >= 11 is 0. The number of hydrogen-bond acceptors (Lipinski definition) is 5.